The van der Waals surface area contributed by atoms with Gasteiger partial charge in [-0.25, -0.2) is 4.79 Å². The molecule has 2 N–H and O–H groups in total. The smallest absolute Gasteiger partial charge is 0.337 e. The highest BCUT2D eigenvalue weighted by atomic mass is 35.5. The van der Waals surface area contributed by atoms with Crippen molar-refractivity contribution in [3.8, 4) is 0 Å². The van der Waals surface area contributed by atoms with Crippen molar-refractivity contribution in [3.05, 3.63) is 70.2 Å². The predicted octanol–water partition coefficient (Wildman–Crippen LogP) is 3.59. The van der Waals surface area contributed by atoms with Gasteiger partial charge in [0.05, 0.1) is 12.7 Å². The predicted molar refractivity (Wildman–Crippen MR) is 112 cm³/mol. The van der Waals surface area contributed by atoms with Gasteiger partial charge in [-0.15, -0.1) is 0 Å². The van der Waals surface area contributed by atoms with E-state index < -0.39 is 12.0 Å². The van der Waals surface area contributed by atoms with Crippen molar-refractivity contribution in [3.63, 3.8) is 0 Å². The van der Waals surface area contributed by atoms with Crippen molar-refractivity contribution in [2.24, 2.45) is 5.92 Å². The van der Waals surface area contributed by atoms with Crippen molar-refractivity contribution >= 4 is 29.4 Å². The Labute approximate surface area is 175 Å². The van der Waals surface area contributed by atoms with Crippen LogP contribution >= 0.6 is 11.6 Å². The number of halogens is 1. The Balaban J connectivity index is 1.99. The van der Waals surface area contributed by atoms with Crippen LogP contribution in [0.4, 0.5) is 0 Å². The lowest BCUT2D eigenvalue weighted by Crippen LogP contribution is -2.47. The molecule has 0 aromatic heterocycles. The summed E-state index contributed by atoms with van der Waals surface area (Å²) in [5, 5.41) is 6.18. The lowest BCUT2D eigenvalue weighted by atomic mass is 10.0. The number of carbonyl (C=O) groups excluding carboxylic acids is 3. The summed E-state index contributed by atoms with van der Waals surface area (Å²) in [5.41, 5.74) is 1.71. The third kappa shape index (κ3) is 6.91. The van der Waals surface area contributed by atoms with Crippen molar-refractivity contribution < 1.29 is 19.1 Å². The van der Waals surface area contributed by atoms with Crippen LogP contribution in [0.2, 0.25) is 5.02 Å². The molecule has 0 aliphatic rings. The Bertz CT molecular complexity index is 848. The van der Waals surface area contributed by atoms with Gasteiger partial charge in [-0.2, -0.15) is 0 Å². The van der Waals surface area contributed by atoms with Crippen molar-refractivity contribution in [1.29, 1.82) is 0 Å². The average molecular weight is 417 g/mol. The Morgan fingerprint density at radius 1 is 0.966 bits per heavy atom. The number of esters is 1. The van der Waals surface area contributed by atoms with E-state index in [1.807, 2.05) is 13.8 Å². The van der Waals surface area contributed by atoms with E-state index >= 15 is 0 Å². The van der Waals surface area contributed by atoms with E-state index in [4.69, 9.17) is 11.6 Å². The quantitative estimate of drug-likeness (QED) is 0.644. The van der Waals surface area contributed by atoms with E-state index in [1.54, 1.807) is 48.5 Å². The van der Waals surface area contributed by atoms with Gasteiger partial charge in [0.25, 0.3) is 5.91 Å². The maximum absolute atomic E-state index is 12.7. The molecular weight excluding hydrogens is 392 g/mol. The first-order chi connectivity index (χ1) is 13.8. The molecule has 0 spiro atoms. The van der Waals surface area contributed by atoms with E-state index in [9.17, 15) is 14.4 Å². The second-order valence-corrected chi connectivity index (χ2v) is 7.51. The van der Waals surface area contributed by atoms with Gasteiger partial charge < -0.3 is 15.4 Å². The SMILES string of the molecule is COC(=O)c1ccc(CNC(=O)C(CC(C)C)NC(=O)c2ccc(Cl)cc2)cc1. The first-order valence-electron chi connectivity index (χ1n) is 9.31. The summed E-state index contributed by atoms with van der Waals surface area (Å²) < 4.78 is 4.67. The molecule has 29 heavy (non-hydrogen) atoms. The van der Waals surface area contributed by atoms with Gasteiger partial charge in [0.1, 0.15) is 6.04 Å². The molecule has 2 aromatic carbocycles. The fraction of sp³-hybridized carbons (Fsp3) is 0.318. The molecule has 1 atom stereocenters. The monoisotopic (exact) mass is 416 g/mol. The first-order valence-corrected chi connectivity index (χ1v) is 9.69. The first kappa shape index (κ1) is 22.4. The number of carbonyl (C=O) groups is 3. The Morgan fingerprint density at radius 3 is 2.10 bits per heavy atom. The molecule has 154 valence electrons. The third-order valence-corrected chi connectivity index (χ3v) is 4.53. The molecule has 0 aliphatic carbocycles. The second kappa shape index (κ2) is 10.6. The molecule has 6 nitrogen and oxygen atoms in total. The van der Waals surface area contributed by atoms with Gasteiger partial charge in [-0.3, -0.25) is 9.59 Å². The Morgan fingerprint density at radius 2 is 1.55 bits per heavy atom. The number of amides is 2. The highest BCUT2D eigenvalue weighted by Gasteiger charge is 2.22. The highest BCUT2D eigenvalue weighted by molar-refractivity contribution is 6.30. The molecule has 0 heterocycles. The van der Waals surface area contributed by atoms with Crippen LogP contribution < -0.4 is 10.6 Å². The number of ether oxygens (including phenoxy) is 1. The fourth-order valence-corrected chi connectivity index (χ4v) is 2.86. The molecule has 1 unspecified atom stereocenters. The summed E-state index contributed by atoms with van der Waals surface area (Å²) in [5.74, 6) is -0.791. The van der Waals surface area contributed by atoms with Crippen LogP contribution in [0, 0.1) is 5.92 Å². The van der Waals surface area contributed by atoms with Crippen molar-refractivity contribution in [2.75, 3.05) is 7.11 Å². The zero-order valence-corrected chi connectivity index (χ0v) is 17.5. The third-order valence-electron chi connectivity index (χ3n) is 4.28. The van der Waals surface area contributed by atoms with Gasteiger partial charge >= 0.3 is 5.97 Å². The molecule has 0 aliphatic heterocycles. The Hall–Kier alpha value is -2.86. The van der Waals surface area contributed by atoms with Crippen LogP contribution in [-0.2, 0) is 16.1 Å². The lowest BCUT2D eigenvalue weighted by molar-refractivity contribution is -0.123. The summed E-state index contributed by atoms with van der Waals surface area (Å²) in [6.45, 7) is 4.26. The molecule has 0 saturated heterocycles. The normalized spacial score (nSPS) is 11.6. The van der Waals surface area contributed by atoms with E-state index in [-0.39, 0.29) is 24.3 Å². The number of benzene rings is 2. The highest BCUT2D eigenvalue weighted by Crippen LogP contribution is 2.12. The number of nitrogens with one attached hydrogen (secondary N) is 2. The van der Waals surface area contributed by atoms with Gasteiger partial charge in [0.2, 0.25) is 5.91 Å². The standard InChI is InChI=1S/C22H25ClN2O4/c1-14(2)12-19(25-20(26)16-8-10-18(23)11-9-16)21(27)24-13-15-4-6-17(7-5-15)22(28)29-3/h4-11,14,19H,12-13H2,1-3H3,(H,24,27)(H,25,26). The largest absolute Gasteiger partial charge is 0.465 e. The minimum Gasteiger partial charge on any atom is -0.465 e. The van der Waals surface area contributed by atoms with Crippen LogP contribution in [0.5, 0.6) is 0 Å². The average Bonchev–Trinajstić information content (AvgIpc) is 2.71. The summed E-state index contributed by atoms with van der Waals surface area (Å²) in [4.78, 5) is 36.6. The van der Waals surface area contributed by atoms with Crippen molar-refractivity contribution in [2.45, 2.75) is 32.9 Å². The molecule has 7 heteroatoms. The molecular formula is C22H25ClN2O4. The van der Waals surface area contributed by atoms with Crippen LogP contribution in [0.15, 0.2) is 48.5 Å². The van der Waals surface area contributed by atoms with Gasteiger partial charge in [-0.1, -0.05) is 37.6 Å². The summed E-state index contributed by atoms with van der Waals surface area (Å²) in [6, 6.07) is 12.6. The molecule has 2 rings (SSSR count). The maximum atomic E-state index is 12.7. The summed E-state index contributed by atoms with van der Waals surface area (Å²) in [7, 11) is 1.32. The number of hydrogen-bond acceptors (Lipinski definition) is 4. The second-order valence-electron chi connectivity index (χ2n) is 7.07. The minimum absolute atomic E-state index is 0.218. The van der Waals surface area contributed by atoms with E-state index in [2.05, 4.69) is 15.4 Å². The maximum Gasteiger partial charge on any atom is 0.337 e. The molecule has 0 bridgehead atoms. The summed E-state index contributed by atoms with van der Waals surface area (Å²) in [6.07, 6.45) is 0.506. The van der Waals surface area contributed by atoms with Gasteiger partial charge in [0.15, 0.2) is 0 Å². The molecule has 0 fully saturated rings. The van der Waals surface area contributed by atoms with Gasteiger partial charge in [-0.05, 0) is 54.3 Å². The van der Waals surface area contributed by atoms with Crippen LogP contribution in [-0.4, -0.2) is 30.9 Å². The van der Waals surface area contributed by atoms with E-state index in [1.165, 1.54) is 7.11 Å². The van der Waals surface area contributed by atoms with Crippen LogP contribution in [0.25, 0.3) is 0 Å². The van der Waals surface area contributed by atoms with Crippen molar-refractivity contribution in [1.82, 2.24) is 10.6 Å². The molecule has 2 aromatic rings. The zero-order chi connectivity index (χ0) is 21.4. The molecule has 0 saturated carbocycles. The fourth-order valence-electron chi connectivity index (χ4n) is 2.73. The summed E-state index contributed by atoms with van der Waals surface area (Å²) >= 11 is 5.85. The number of methoxy groups -OCH3 is 1. The minimum atomic E-state index is -0.660. The zero-order valence-electron chi connectivity index (χ0n) is 16.7. The Kier molecular flexibility index (Phi) is 8.21. The topological polar surface area (TPSA) is 84.5 Å². The molecule has 0 radical (unpaired) electrons. The molecule has 2 amide bonds. The van der Waals surface area contributed by atoms with E-state index in [0.717, 1.165) is 5.56 Å². The number of hydrogen-bond donors (Lipinski definition) is 2. The van der Waals surface area contributed by atoms with Crippen LogP contribution in [0.1, 0.15) is 46.5 Å². The number of rotatable bonds is 8. The van der Waals surface area contributed by atoms with Gasteiger partial charge in [0, 0.05) is 17.1 Å². The lowest BCUT2D eigenvalue weighted by Gasteiger charge is -2.20. The van der Waals surface area contributed by atoms with E-state index in [0.29, 0.717) is 22.6 Å². The van der Waals surface area contributed by atoms with Crippen LogP contribution in [0.3, 0.4) is 0 Å².